The van der Waals surface area contributed by atoms with Crippen LogP contribution in [0, 0.1) is 0 Å². The summed E-state index contributed by atoms with van der Waals surface area (Å²) in [5, 5.41) is 8.97. The first-order valence-electron chi connectivity index (χ1n) is 5.55. The van der Waals surface area contributed by atoms with Crippen molar-refractivity contribution in [1.82, 2.24) is 9.55 Å². The van der Waals surface area contributed by atoms with Crippen LogP contribution in [0.25, 0.3) is 0 Å². The van der Waals surface area contributed by atoms with Gasteiger partial charge in [-0.25, -0.2) is 9.78 Å². The highest BCUT2D eigenvalue weighted by atomic mass is 16.4. The van der Waals surface area contributed by atoms with Gasteiger partial charge in [-0.05, 0) is 12.8 Å². The summed E-state index contributed by atoms with van der Waals surface area (Å²) in [5.74, 6) is -0.744. The Morgan fingerprint density at radius 1 is 1.33 bits per heavy atom. The molecule has 0 spiro atoms. The molecule has 4 nitrogen and oxygen atoms in total. The van der Waals surface area contributed by atoms with Crippen molar-refractivity contribution in [3.63, 3.8) is 0 Å². The number of aromatic nitrogens is 2. The predicted molar refractivity (Wildman–Crippen MR) is 55.9 cm³/mol. The molecule has 0 aliphatic heterocycles. The Bertz CT molecular complexity index is 338. The molecule has 0 unspecified atom stereocenters. The third kappa shape index (κ3) is 2.19. The van der Waals surface area contributed by atoms with Crippen LogP contribution in [0.15, 0.2) is 12.4 Å². The minimum Gasteiger partial charge on any atom is -0.475 e. The van der Waals surface area contributed by atoms with Gasteiger partial charge in [0.15, 0.2) is 0 Å². The molecular weight excluding hydrogens is 192 g/mol. The largest absolute Gasteiger partial charge is 0.475 e. The molecule has 1 aliphatic rings. The molecule has 1 aromatic heterocycles. The van der Waals surface area contributed by atoms with Crippen molar-refractivity contribution in [2.75, 3.05) is 0 Å². The van der Waals surface area contributed by atoms with Crippen LogP contribution in [0.2, 0.25) is 0 Å². The Balaban J connectivity index is 2.19. The summed E-state index contributed by atoms with van der Waals surface area (Å²) < 4.78 is 1.83. The maximum atomic E-state index is 10.9. The van der Waals surface area contributed by atoms with E-state index < -0.39 is 5.97 Å². The second-order valence-electron chi connectivity index (χ2n) is 4.11. The van der Waals surface area contributed by atoms with Gasteiger partial charge in [0.25, 0.3) is 0 Å². The van der Waals surface area contributed by atoms with Gasteiger partial charge in [0.2, 0.25) is 5.82 Å². The van der Waals surface area contributed by atoms with Crippen molar-refractivity contribution in [3.05, 3.63) is 18.2 Å². The Morgan fingerprint density at radius 3 is 2.60 bits per heavy atom. The maximum Gasteiger partial charge on any atom is 0.372 e. The molecule has 2 rings (SSSR count). The molecule has 1 aliphatic carbocycles. The van der Waals surface area contributed by atoms with Crippen LogP contribution in [0.5, 0.6) is 0 Å². The van der Waals surface area contributed by atoms with E-state index in [4.69, 9.17) is 5.11 Å². The summed E-state index contributed by atoms with van der Waals surface area (Å²) >= 11 is 0. The fourth-order valence-electron chi connectivity index (χ4n) is 2.31. The Hall–Kier alpha value is -1.32. The predicted octanol–water partition coefficient (Wildman–Crippen LogP) is 2.48. The van der Waals surface area contributed by atoms with E-state index in [1.54, 1.807) is 12.4 Å². The number of rotatable bonds is 2. The van der Waals surface area contributed by atoms with Gasteiger partial charge >= 0.3 is 5.97 Å². The minimum atomic E-state index is -0.927. The van der Waals surface area contributed by atoms with Gasteiger partial charge in [-0.3, -0.25) is 0 Å². The Labute approximate surface area is 88.9 Å². The average Bonchev–Trinajstić information content (AvgIpc) is 2.55. The zero-order valence-corrected chi connectivity index (χ0v) is 8.72. The smallest absolute Gasteiger partial charge is 0.372 e. The van der Waals surface area contributed by atoms with Crippen molar-refractivity contribution < 1.29 is 9.90 Å². The van der Waals surface area contributed by atoms with E-state index in [1.165, 1.54) is 25.7 Å². The molecule has 1 fully saturated rings. The second kappa shape index (κ2) is 4.47. The van der Waals surface area contributed by atoms with Crippen molar-refractivity contribution in [3.8, 4) is 0 Å². The molecule has 4 heteroatoms. The Kier molecular flexibility index (Phi) is 3.04. The lowest BCUT2D eigenvalue weighted by molar-refractivity contribution is 0.0674. The first-order valence-corrected chi connectivity index (χ1v) is 5.55. The molecular formula is C11H16N2O2. The van der Waals surface area contributed by atoms with Gasteiger partial charge in [-0.2, -0.15) is 0 Å². The lowest BCUT2D eigenvalue weighted by Crippen LogP contribution is -2.14. The van der Waals surface area contributed by atoms with E-state index >= 15 is 0 Å². The molecule has 1 aromatic rings. The van der Waals surface area contributed by atoms with E-state index in [0.717, 1.165) is 12.8 Å². The van der Waals surface area contributed by atoms with Gasteiger partial charge in [0, 0.05) is 18.4 Å². The molecule has 0 amide bonds. The summed E-state index contributed by atoms with van der Waals surface area (Å²) in [4.78, 5) is 14.8. The molecule has 0 atom stereocenters. The SMILES string of the molecule is O=C(O)c1nccn1C1CCCCCC1. The van der Waals surface area contributed by atoms with Crippen LogP contribution in [-0.4, -0.2) is 20.6 Å². The van der Waals surface area contributed by atoms with Crippen LogP contribution in [-0.2, 0) is 0 Å². The molecule has 1 heterocycles. The standard InChI is InChI=1S/C11H16N2O2/c14-11(15)10-12-7-8-13(10)9-5-3-1-2-4-6-9/h7-9H,1-6H2,(H,14,15). The first-order chi connectivity index (χ1) is 7.29. The molecule has 1 N–H and O–H groups in total. The van der Waals surface area contributed by atoms with Crippen LogP contribution in [0.1, 0.15) is 55.2 Å². The monoisotopic (exact) mass is 208 g/mol. The van der Waals surface area contributed by atoms with E-state index in [-0.39, 0.29) is 5.82 Å². The summed E-state index contributed by atoms with van der Waals surface area (Å²) in [6, 6.07) is 0.334. The van der Waals surface area contributed by atoms with Gasteiger partial charge in [0.1, 0.15) is 0 Å². The molecule has 15 heavy (non-hydrogen) atoms. The molecule has 0 saturated heterocycles. The van der Waals surface area contributed by atoms with Gasteiger partial charge < -0.3 is 9.67 Å². The van der Waals surface area contributed by atoms with E-state index in [2.05, 4.69) is 4.98 Å². The second-order valence-corrected chi connectivity index (χ2v) is 4.11. The van der Waals surface area contributed by atoms with Gasteiger partial charge in [0.05, 0.1) is 0 Å². The number of hydrogen-bond acceptors (Lipinski definition) is 2. The quantitative estimate of drug-likeness (QED) is 0.759. The topological polar surface area (TPSA) is 55.1 Å². The zero-order chi connectivity index (χ0) is 10.7. The van der Waals surface area contributed by atoms with E-state index in [0.29, 0.717) is 6.04 Å². The highest BCUT2D eigenvalue weighted by molar-refractivity contribution is 5.83. The fraction of sp³-hybridized carbons (Fsp3) is 0.636. The third-order valence-electron chi connectivity index (χ3n) is 3.08. The van der Waals surface area contributed by atoms with Crippen LogP contribution in [0.4, 0.5) is 0 Å². The average molecular weight is 208 g/mol. The van der Waals surface area contributed by atoms with Crippen LogP contribution < -0.4 is 0 Å². The summed E-state index contributed by atoms with van der Waals surface area (Å²) in [6.07, 6.45) is 10.5. The summed E-state index contributed by atoms with van der Waals surface area (Å²) in [6.45, 7) is 0. The number of carboxylic acids is 1. The minimum absolute atomic E-state index is 0.182. The summed E-state index contributed by atoms with van der Waals surface area (Å²) in [7, 11) is 0. The molecule has 1 saturated carbocycles. The molecule has 0 bridgehead atoms. The number of hydrogen-bond donors (Lipinski definition) is 1. The van der Waals surface area contributed by atoms with Crippen molar-refractivity contribution >= 4 is 5.97 Å². The maximum absolute atomic E-state index is 10.9. The lowest BCUT2D eigenvalue weighted by Gasteiger charge is -2.17. The molecule has 82 valence electrons. The third-order valence-corrected chi connectivity index (χ3v) is 3.08. The molecule has 0 aromatic carbocycles. The van der Waals surface area contributed by atoms with Crippen molar-refractivity contribution in [2.24, 2.45) is 0 Å². The molecule has 0 radical (unpaired) electrons. The van der Waals surface area contributed by atoms with Crippen LogP contribution >= 0.6 is 0 Å². The number of carboxylic acid groups (broad SMARTS) is 1. The first kappa shape index (κ1) is 10.2. The van der Waals surface area contributed by atoms with Crippen molar-refractivity contribution in [2.45, 2.75) is 44.6 Å². The van der Waals surface area contributed by atoms with E-state index in [9.17, 15) is 4.79 Å². The van der Waals surface area contributed by atoms with Gasteiger partial charge in [-0.1, -0.05) is 25.7 Å². The van der Waals surface area contributed by atoms with Crippen molar-refractivity contribution in [1.29, 1.82) is 0 Å². The van der Waals surface area contributed by atoms with E-state index in [1.807, 2.05) is 4.57 Å². The normalized spacial score (nSPS) is 18.7. The number of nitrogens with zero attached hydrogens (tertiary/aromatic N) is 2. The van der Waals surface area contributed by atoms with Gasteiger partial charge in [-0.15, -0.1) is 0 Å². The zero-order valence-electron chi connectivity index (χ0n) is 8.72. The van der Waals surface area contributed by atoms with Crippen LogP contribution in [0.3, 0.4) is 0 Å². The number of aromatic carboxylic acids is 1. The number of imidazole rings is 1. The highest BCUT2D eigenvalue weighted by Crippen LogP contribution is 2.27. The Morgan fingerprint density at radius 2 is 2.00 bits per heavy atom. The lowest BCUT2D eigenvalue weighted by atomic mass is 10.1. The highest BCUT2D eigenvalue weighted by Gasteiger charge is 2.19. The number of carbonyl (C=O) groups is 1. The summed E-state index contributed by atoms with van der Waals surface area (Å²) in [5.41, 5.74) is 0. The fourth-order valence-corrected chi connectivity index (χ4v) is 2.31.